The summed E-state index contributed by atoms with van der Waals surface area (Å²) in [6.07, 6.45) is 8.70. The highest BCUT2D eigenvalue weighted by Gasteiger charge is 2.19. The van der Waals surface area contributed by atoms with Crippen LogP contribution in [0.2, 0.25) is 0 Å². The van der Waals surface area contributed by atoms with E-state index < -0.39 is 0 Å². The summed E-state index contributed by atoms with van der Waals surface area (Å²) in [5.74, 6) is 2.30. The fraction of sp³-hybridized carbons (Fsp3) is 0.118. The molecule has 200 valence electrons. The van der Waals surface area contributed by atoms with E-state index >= 15 is 0 Å². The van der Waals surface area contributed by atoms with Gasteiger partial charge in [0.15, 0.2) is 0 Å². The van der Waals surface area contributed by atoms with Gasteiger partial charge in [-0.25, -0.2) is 14.6 Å². The first-order valence-corrected chi connectivity index (χ1v) is 13.5. The number of hydrogen-bond acceptors (Lipinski definition) is 5. The maximum absolute atomic E-state index is 6.37. The van der Waals surface area contributed by atoms with Gasteiger partial charge in [-0.2, -0.15) is 5.10 Å². The van der Waals surface area contributed by atoms with Gasteiger partial charge in [0.1, 0.15) is 30.0 Å². The normalized spacial score (nSPS) is 11.8. The molecular weight excluding hydrogens is 508 g/mol. The summed E-state index contributed by atoms with van der Waals surface area (Å²) in [6, 6.07) is 29.0. The fourth-order valence-corrected chi connectivity index (χ4v) is 5.18. The van der Waals surface area contributed by atoms with E-state index in [-0.39, 0.29) is 5.41 Å². The third-order valence-corrected chi connectivity index (χ3v) is 7.33. The number of pyridine rings is 2. The average molecular weight is 537 g/mol. The molecule has 0 spiro atoms. The molecule has 7 aromatic rings. The zero-order valence-corrected chi connectivity index (χ0v) is 23.1. The molecular formula is C34H28N6O. The van der Waals surface area contributed by atoms with Crippen LogP contribution in [0.1, 0.15) is 26.3 Å². The number of benzene rings is 3. The standard InChI is InChI=1S/C34H28N6O/c1-34(2,3)25-8-11-31-30(17-25)29-10-9-28(41-27-6-4-5-26(18-27)39-22-36-21-38-39)19-32(29)40(31)33-12-7-24(20-37-33)23-13-15-35-16-14-23/h4-22H,1-3H3. The van der Waals surface area contributed by atoms with Gasteiger partial charge in [-0.15, -0.1) is 0 Å². The van der Waals surface area contributed by atoms with Gasteiger partial charge in [-0.1, -0.05) is 32.9 Å². The second-order valence-electron chi connectivity index (χ2n) is 11.1. The van der Waals surface area contributed by atoms with E-state index in [4.69, 9.17) is 9.72 Å². The lowest BCUT2D eigenvalue weighted by Crippen LogP contribution is -2.10. The second-order valence-corrected chi connectivity index (χ2v) is 11.1. The Morgan fingerprint density at radius 2 is 1.56 bits per heavy atom. The lowest BCUT2D eigenvalue weighted by atomic mass is 9.86. The number of fused-ring (bicyclic) bond motifs is 3. The van der Waals surface area contributed by atoms with Crippen LogP contribution in [0.25, 0.3) is 44.4 Å². The minimum absolute atomic E-state index is 0.0330. The van der Waals surface area contributed by atoms with Crippen LogP contribution in [-0.4, -0.2) is 29.3 Å². The molecule has 0 aliphatic carbocycles. The lowest BCUT2D eigenvalue weighted by molar-refractivity contribution is 0.483. The van der Waals surface area contributed by atoms with Gasteiger partial charge in [0.2, 0.25) is 0 Å². The van der Waals surface area contributed by atoms with Crippen LogP contribution in [0.3, 0.4) is 0 Å². The van der Waals surface area contributed by atoms with Crippen molar-refractivity contribution in [2.24, 2.45) is 0 Å². The van der Waals surface area contributed by atoms with Gasteiger partial charge in [-0.05, 0) is 77.2 Å². The summed E-state index contributed by atoms with van der Waals surface area (Å²) in [6.45, 7) is 6.73. The number of ether oxygens (including phenoxy) is 1. The Balaban J connectivity index is 1.36. The van der Waals surface area contributed by atoms with Crippen molar-refractivity contribution in [1.82, 2.24) is 29.3 Å². The van der Waals surface area contributed by atoms with E-state index in [1.807, 2.05) is 48.7 Å². The van der Waals surface area contributed by atoms with Crippen LogP contribution in [0, 0.1) is 0 Å². The van der Waals surface area contributed by atoms with Crippen molar-refractivity contribution in [2.45, 2.75) is 26.2 Å². The molecule has 7 nitrogen and oxygen atoms in total. The van der Waals surface area contributed by atoms with E-state index in [1.54, 1.807) is 23.4 Å². The van der Waals surface area contributed by atoms with Crippen molar-refractivity contribution in [2.75, 3.05) is 0 Å². The highest BCUT2D eigenvalue weighted by Crippen LogP contribution is 2.37. The van der Waals surface area contributed by atoms with Crippen LogP contribution in [0.4, 0.5) is 0 Å². The van der Waals surface area contributed by atoms with Gasteiger partial charge >= 0.3 is 0 Å². The predicted molar refractivity (Wildman–Crippen MR) is 162 cm³/mol. The maximum Gasteiger partial charge on any atom is 0.138 e. The zero-order chi connectivity index (χ0) is 28.0. The molecule has 0 N–H and O–H groups in total. The molecule has 0 aliphatic heterocycles. The Morgan fingerprint density at radius 1 is 0.707 bits per heavy atom. The smallest absolute Gasteiger partial charge is 0.138 e. The Kier molecular flexibility index (Phi) is 5.86. The van der Waals surface area contributed by atoms with Crippen LogP contribution >= 0.6 is 0 Å². The first-order valence-electron chi connectivity index (χ1n) is 13.5. The molecule has 0 bridgehead atoms. The molecule has 4 aromatic heterocycles. The van der Waals surface area contributed by atoms with Crippen molar-refractivity contribution in [3.63, 3.8) is 0 Å². The highest BCUT2D eigenvalue weighted by molar-refractivity contribution is 6.09. The molecule has 0 amide bonds. The molecule has 0 saturated heterocycles. The van der Waals surface area contributed by atoms with Crippen molar-refractivity contribution < 1.29 is 4.74 Å². The van der Waals surface area contributed by atoms with Gasteiger partial charge in [0.25, 0.3) is 0 Å². The van der Waals surface area contributed by atoms with Gasteiger partial charge < -0.3 is 4.74 Å². The predicted octanol–water partition coefficient (Wildman–Crippen LogP) is 7.91. The fourth-order valence-electron chi connectivity index (χ4n) is 5.18. The summed E-state index contributed by atoms with van der Waals surface area (Å²) in [5.41, 5.74) is 6.45. The average Bonchev–Trinajstić information content (AvgIpc) is 3.64. The number of nitrogens with zero attached hydrogens (tertiary/aromatic N) is 6. The van der Waals surface area contributed by atoms with E-state index in [0.29, 0.717) is 0 Å². The molecule has 0 atom stereocenters. The minimum Gasteiger partial charge on any atom is -0.457 e. The number of hydrogen-bond donors (Lipinski definition) is 0. The quantitative estimate of drug-likeness (QED) is 0.224. The second kappa shape index (κ2) is 9.71. The van der Waals surface area contributed by atoms with E-state index in [1.165, 1.54) is 17.3 Å². The topological polar surface area (TPSA) is 70.7 Å². The van der Waals surface area contributed by atoms with Gasteiger partial charge in [0, 0.05) is 47.1 Å². The molecule has 0 saturated carbocycles. The summed E-state index contributed by atoms with van der Waals surface area (Å²) >= 11 is 0. The van der Waals surface area contributed by atoms with E-state index in [0.717, 1.165) is 50.6 Å². The molecule has 0 radical (unpaired) electrons. The Labute approximate surface area is 237 Å². The first kappa shape index (κ1) is 24.7. The largest absolute Gasteiger partial charge is 0.457 e. The molecule has 7 heteroatoms. The molecule has 7 rings (SSSR count). The molecule has 4 heterocycles. The van der Waals surface area contributed by atoms with Crippen LogP contribution in [0.15, 0.2) is 116 Å². The Hall–Kier alpha value is -5.30. The number of aromatic nitrogens is 6. The van der Waals surface area contributed by atoms with E-state index in [2.05, 4.69) is 82.9 Å². The van der Waals surface area contributed by atoms with Crippen LogP contribution in [-0.2, 0) is 5.41 Å². The summed E-state index contributed by atoms with van der Waals surface area (Å²) < 4.78 is 10.3. The Morgan fingerprint density at radius 3 is 2.32 bits per heavy atom. The van der Waals surface area contributed by atoms with E-state index in [9.17, 15) is 0 Å². The number of rotatable bonds is 5. The lowest BCUT2D eigenvalue weighted by Gasteiger charge is -2.19. The summed E-state index contributed by atoms with van der Waals surface area (Å²) in [5, 5.41) is 6.57. The summed E-state index contributed by atoms with van der Waals surface area (Å²) in [7, 11) is 0. The minimum atomic E-state index is 0.0330. The molecule has 0 aliphatic rings. The SMILES string of the molecule is CC(C)(C)c1ccc2c(c1)c1ccc(Oc3cccc(-n4cncn4)c3)cc1n2-c1ccc(-c2ccncc2)cn1. The van der Waals surface area contributed by atoms with Crippen molar-refractivity contribution >= 4 is 21.8 Å². The van der Waals surface area contributed by atoms with Crippen molar-refractivity contribution in [3.8, 4) is 34.1 Å². The maximum atomic E-state index is 6.37. The van der Waals surface area contributed by atoms with Gasteiger partial charge in [0.05, 0.1) is 16.7 Å². The molecule has 3 aromatic carbocycles. The summed E-state index contributed by atoms with van der Waals surface area (Å²) in [4.78, 5) is 13.1. The molecule has 41 heavy (non-hydrogen) atoms. The molecule has 0 fully saturated rings. The third-order valence-electron chi connectivity index (χ3n) is 7.33. The molecule has 0 unspecified atom stereocenters. The van der Waals surface area contributed by atoms with Crippen molar-refractivity contribution in [1.29, 1.82) is 0 Å². The monoisotopic (exact) mass is 536 g/mol. The Bertz CT molecular complexity index is 1990. The highest BCUT2D eigenvalue weighted by atomic mass is 16.5. The van der Waals surface area contributed by atoms with Crippen LogP contribution < -0.4 is 4.74 Å². The first-order chi connectivity index (χ1) is 19.9. The van der Waals surface area contributed by atoms with Gasteiger partial charge in [-0.3, -0.25) is 9.55 Å². The van der Waals surface area contributed by atoms with Crippen molar-refractivity contribution in [3.05, 3.63) is 122 Å². The zero-order valence-electron chi connectivity index (χ0n) is 23.1. The third kappa shape index (κ3) is 4.61. The van der Waals surface area contributed by atoms with Crippen LogP contribution in [0.5, 0.6) is 11.5 Å².